The van der Waals surface area contributed by atoms with Crippen LogP contribution in [0.4, 0.5) is 0 Å². The second-order valence-electron chi connectivity index (χ2n) is 7.37. The molecule has 1 aliphatic heterocycles. The van der Waals surface area contributed by atoms with Crippen molar-refractivity contribution in [1.82, 2.24) is 0 Å². The zero-order valence-corrected chi connectivity index (χ0v) is 14.6. The molecule has 0 aromatic rings. The molecule has 3 heteroatoms. The van der Waals surface area contributed by atoms with E-state index in [0.717, 1.165) is 31.3 Å². The molecule has 128 valence electrons. The molecular weight excluding hydrogens is 288 g/mol. The van der Waals surface area contributed by atoms with Gasteiger partial charge in [-0.15, -0.1) is 0 Å². The van der Waals surface area contributed by atoms with E-state index in [2.05, 4.69) is 19.6 Å². The molecule has 3 nitrogen and oxygen atoms in total. The molecule has 1 unspecified atom stereocenters. The molecule has 23 heavy (non-hydrogen) atoms. The van der Waals surface area contributed by atoms with E-state index in [0.29, 0.717) is 6.61 Å². The lowest BCUT2D eigenvalue weighted by molar-refractivity contribution is -0.149. The lowest BCUT2D eigenvalue weighted by Gasteiger charge is -2.38. The summed E-state index contributed by atoms with van der Waals surface area (Å²) in [4.78, 5) is 0. The van der Waals surface area contributed by atoms with Crippen molar-refractivity contribution in [1.29, 1.82) is 0 Å². The number of fused-ring (bicyclic) bond motifs is 1. The number of allylic oxidation sites excluding steroid dienone is 4. The van der Waals surface area contributed by atoms with Gasteiger partial charge in [0.25, 0.3) is 0 Å². The van der Waals surface area contributed by atoms with Gasteiger partial charge in [-0.1, -0.05) is 42.0 Å². The van der Waals surface area contributed by atoms with Crippen molar-refractivity contribution >= 4 is 0 Å². The summed E-state index contributed by atoms with van der Waals surface area (Å²) in [5, 5.41) is 20.1. The van der Waals surface area contributed by atoms with Gasteiger partial charge in [0.1, 0.15) is 0 Å². The lowest BCUT2D eigenvalue weighted by Crippen LogP contribution is -2.39. The molecule has 1 saturated heterocycles. The highest BCUT2D eigenvalue weighted by atomic mass is 16.6. The van der Waals surface area contributed by atoms with Crippen LogP contribution in [0.5, 0.6) is 0 Å². The van der Waals surface area contributed by atoms with Crippen molar-refractivity contribution in [3.63, 3.8) is 0 Å². The molecule has 1 aliphatic carbocycles. The molecule has 2 aliphatic rings. The third-order valence-corrected chi connectivity index (χ3v) is 4.73. The first-order chi connectivity index (χ1) is 10.8. The first-order valence-electron chi connectivity index (χ1n) is 8.51. The van der Waals surface area contributed by atoms with Gasteiger partial charge in [0.2, 0.25) is 0 Å². The SMILES string of the molecule is C=C1CC/C=C(\C)CCC2/C(=C\C=C\C(C)(C)O)CO[C@H](O)[C@@H]12. The highest BCUT2D eigenvalue weighted by Gasteiger charge is 2.37. The topological polar surface area (TPSA) is 49.7 Å². The normalized spacial score (nSPS) is 34.5. The minimum Gasteiger partial charge on any atom is -0.386 e. The lowest BCUT2D eigenvalue weighted by atomic mass is 9.75. The Kier molecular flexibility index (Phi) is 6.01. The monoisotopic (exact) mass is 318 g/mol. The van der Waals surface area contributed by atoms with Crippen molar-refractivity contribution < 1.29 is 14.9 Å². The van der Waals surface area contributed by atoms with Crippen LogP contribution in [-0.2, 0) is 4.74 Å². The minimum atomic E-state index is -0.827. The number of aliphatic hydroxyl groups is 2. The number of aliphatic hydroxyl groups excluding tert-OH is 1. The molecule has 3 atom stereocenters. The molecule has 0 radical (unpaired) electrons. The maximum absolute atomic E-state index is 10.3. The molecule has 2 N–H and O–H groups in total. The van der Waals surface area contributed by atoms with Gasteiger partial charge in [-0.25, -0.2) is 0 Å². The Balaban J connectivity index is 2.26. The van der Waals surface area contributed by atoms with Crippen LogP contribution < -0.4 is 0 Å². The van der Waals surface area contributed by atoms with Gasteiger partial charge < -0.3 is 14.9 Å². The highest BCUT2D eigenvalue weighted by Crippen LogP contribution is 2.40. The first-order valence-corrected chi connectivity index (χ1v) is 8.51. The Hall–Kier alpha value is -1.16. The molecule has 0 aromatic heterocycles. The standard InChI is InChI=1S/C20H30O3/c1-14-7-5-8-15(2)18-17(11-10-14)16(13-23-19(18)21)9-6-12-20(3,4)22/h6-7,9,12,17-19,21-22H,2,5,8,10-11,13H2,1,3-4H3/b12-6+,14-7+,16-9-/t17?,18-,19-/m0/s1. The van der Waals surface area contributed by atoms with Gasteiger partial charge in [0.05, 0.1) is 12.2 Å². The van der Waals surface area contributed by atoms with E-state index in [9.17, 15) is 10.2 Å². The Morgan fingerprint density at radius 3 is 2.78 bits per heavy atom. The highest BCUT2D eigenvalue weighted by molar-refractivity contribution is 5.25. The summed E-state index contributed by atoms with van der Waals surface area (Å²) in [7, 11) is 0. The van der Waals surface area contributed by atoms with E-state index in [4.69, 9.17) is 4.74 Å². The molecule has 0 saturated carbocycles. The zero-order chi connectivity index (χ0) is 17.0. The first kappa shape index (κ1) is 18.2. The smallest absolute Gasteiger partial charge is 0.162 e. The largest absolute Gasteiger partial charge is 0.386 e. The van der Waals surface area contributed by atoms with Gasteiger partial charge in [0.15, 0.2) is 6.29 Å². The summed E-state index contributed by atoms with van der Waals surface area (Å²) in [5.41, 5.74) is 2.83. The summed E-state index contributed by atoms with van der Waals surface area (Å²) >= 11 is 0. The van der Waals surface area contributed by atoms with Crippen molar-refractivity contribution in [3.05, 3.63) is 47.6 Å². The third kappa shape index (κ3) is 5.17. The van der Waals surface area contributed by atoms with Gasteiger partial charge in [-0.2, -0.15) is 0 Å². The summed E-state index contributed by atoms with van der Waals surface area (Å²) < 4.78 is 5.59. The Morgan fingerprint density at radius 1 is 1.35 bits per heavy atom. The van der Waals surface area contributed by atoms with Crippen LogP contribution >= 0.6 is 0 Å². The van der Waals surface area contributed by atoms with Gasteiger partial charge in [-0.05, 0) is 57.9 Å². The third-order valence-electron chi connectivity index (χ3n) is 4.73. The fraction of sp³-hybridized carbons (Fsp3) is 0.600. The molecule has 1 fully saturated rings. The molecule has 0 bridgehead atoms. The van der Waals surface area contributed by atoms with Crippen molar-refractivity contribution in [3.8, 4) is 0 Å². The van der Waals surface area contributed by atoms with Crippen LogP contribution in [0.3, 0.4) is 0 Å². The van der Waals surface area contributed by atoms with E-state index >= 15 is 0 Å². The number of hydrogen-bond donors (Lipinski definition) is 2. The summed E-state index contributed by atoms with van der Waals surface area (Å²) in [6, 6.07) is 0. The van der Waals surface area contributed by atoms with E-state index in [1.54, 1.807) is 19.9 Å². The summed E-state index contributed by atoms with van der Waals surface area (Å²) in [5.74, 6) is 0.212. The van der Waals surface area contributed by atoms with Crippen LogP contribution in [-0.4, -0.2) is 28.7 Å². The molecule has 0 amide bonds. The fourth-order valence-electron chi connectivity index (χ4n) is 3.41. The Bertz CT molecular complexity index is 519. The number of ether oxygens (including phenoxy) is 1. The van der Waals surface area contributed by atoms with E-state index in [1.165, 1.54) is 11.1 Å². The quantitative estimate of drug-likeness (QED) is 0.759. The zero-order valence-electron chi connectivity index (χ0n) is 14.6. The van der Waals surface area contributed by atoms with Crippen LogP contribution in [0.1, 0.15) is 46.5 Å². The Labute approximate surface area is 140 Å². The molecule has 1 heterocycles. The van der Waals surface area contributed by atoms with Crippen LogP contribution in [0.2, 0.25) is 0 Å². The number of hydrogen-bond acceptors (Lipinski definition) is 3. The Morgan fingerprint density at radius 2 is 2.09 bits per heavy atom. The van der Waals surface area contributed by atoms with E-state index in [1.807, 2.05) is 12.2 Å². The number of rotatable bonds is 2. The fourth-order valence-corrected chi connectivity index (χ4v) is 3.41. The average molecular weight is 318 g/mol. The van der Waals surface area contributed by atoms with Crippen LogP contribution in [0.25, 0.3) is 0 Å². The molecule has 0 spiro atoms. The second-order valence-corrected chi connectivity index (χ2v) is 7.37. The summed E-state index contributed by atoms with van der Waals surface area (Å²) in [6.07, 6.45) is 11.1. The second kappa shape index (κ2) is 7.61. The maximum atomic E-state index is 10.3. The van der Waals surface area contributed by atoms with E-state index < -0.39 is 11.9 Å². The maximum Gasteiger partial charge on any atom is 0.162 e. The van der Waals surface area contributed by atoms with E-state index in [-0.39, 0.29) is 11.8 Å². The minimum absolute atomic E-state index is 0.0372. The summed E-state index contributed by atoms with van der Waals surface area (Å²) in [6.45, 7) is 10.3. The van der Waals surface area contributed by atoms with Crippen molar-refractivity contribution in [2.45, 2.75) is 58.3 Å². The molecular formula is C20H30O3. The predicted molar refractivity (Wildman–Crippen MR) is 93.8 cm³/mol. The van der Waals surface area contributed by atoms with Gasteiger partial charge in [0, 0.05) is 5.92 Å². The van der Waals surface area contributed by atoms with Crippen molar-refractivity contribution in [2.75, 3.05) is 6.61 Å². The molecule has 2 rings (SSSR count). The molecule has 0 aromatic carbocycles. The van der Waals surface area contributed by atoms with Crippen molar-refractivity contribution in [2.24, 2.45) is 11.8 Å². The predicted octanol–water partition coefficient (Wildman–Crippen LogP) is 3.90. The van der Waals surface area contributed by atoms with Crippen LogP contribution in [0, 0.1) is 11.8 Å². The van der Waals surface area contributed by atoms with Gasteiger partial charge >= 0.3 is 0 Å². The van der Waals surface area contributed by atoms with Gasteiger partial charge in [-0.3, -0.25) is 0 Å². The average Bonchev–Trinajstić information content (AvgIpc) is 2.51. The van der Waals surface area contributed by atoms with Crippen LogP contribution in [0.15, 0.2) is 47.6 Å².